The van der Waals surface area contributed by atoms with E-state index in [2.05, 4.69) is 50.4 Å². The zero-order valence-corrected chi connectivity index (χ0v) is 17.8. The van der Waals surface area contributed by atoms with Crippen molar-refractivity contribution in [1.82, 2.24) is 9.55 Å². The van der Waals surface area contributed by atoms with Gasteiger partial charge in [-0.2, -0.15) is 0 Å². The second-order valence-electron chi connectivity index (χ2n) is 8.77. The van der Waals surface area contributed by atoms with E-state index in [1.165, 1.54) is 77.0 Å². The molecule has 0 aromatic carbocycles. The fourth-order valence-corrected chi connectivity index (χ4v) is 4.06. The summed E-state index contributed by atoms with van der Waals surface area (Å²) >= 11 is 0. The lowest BCUT2D eigenvalue weighted by molar-refractivity contribution is 0.0795. The first-order valence-corrected chi connectivity index (χ1v) is 11.0. The van der Waals surface area contributed by atoms with Gasteiger partial charge in [0.2, 0.25) is 0 Å². The first-order valence-electron chi connectivity index (χ1n) is 11.0. The highest BCUT2D eigenvalue weighted by molar-refractivity contribution is 4.97. The van der Waals surface area contributed by atoms with Gasteiger partial charge in [0.15, 0.2) is 0 Å². The Morgan fingerprint density at radius 3 is 1.72 bits per heavy atom. The van der Waals surface area contributed by atoms with Gasteiger partial charge in [-0.15, -0.1) is 0 Å². The molecule has 1 aromatic rings. The Balaban J connectivity index is 2.18. The summed E-state index contributed by atoms with van der Waals surface area (Å²) in [5, 5.41) is 0. The van der Waals surface area contributed by atoms with Crippen molar-refractivity contribution >= 4 is 0 Å². The maximum atomic E-state index is 4.27. The Kier molecular flexibility index (Phi) is 10.5. The third kappa shape index (κ3) is 7.15. The molecule has 0 saturated carbocycles. The van der Waals surface area contributed by atoms with E-state index in [0.717, 1.165) is 6.42 Å². The molecule has 0 saturated heterocycles. The van der Waals surface area contributed by atoms with E-state index in [0.29, 0.717) is 5.41 Å². The highest BCUT2D eigenvalue weighted by Crippen LogP contribution is 2.43. The van der Waals surface area contributed by atoms with Crippen LogP contribution in [-0.2, 0) is 5.54 Å². The molecule has 25 heavy (non-hydrogen) atoms. The molecule has 1 heterocycles. The van der Waals surface area contributed by atoms with Gasteiger partial charge in [0.1, 0.15) is 0 Å². The molecular formula is C23H44N2. The van der Waals surface area contributed by atoms with Gasteiger partial charge < -0.3 is 4.57 Å². The van der Waals surface area contributed by atoms with E-state index in [9.17, 15) is 0 Å². The molecule has 0 aliphatic rings. The molecule has 2 nitrogen and oxygen atoms in total. The predicted molar refractivity (Wildman–Crippen MR) is 111 cm³/mol. The predicted octanol–water partition coefficient (Wildman–Crippen LogP) is 7.74. The van der Waals surface area contributed by atoms with E-state index < -0.39 is 0 Å². The molecule has 0 spiro atoms. The first kappa shape index (κ1) is 22.3. The van der Waals surface area contributed by atoms with Gasteiger partial charge in [0.05, 0.1) is 6.33 Å². The van der Waals surface area contributed by atoms with E-state index in [4.69, 9.17) is 0 Å². The summed E-state index contributed by atoms with van der Waals surface area (Å²) in [4.78, 5) is 4.27. The zero-order valence-electron chi connectivity index (χ0n) is 17.8. The summed E-state index contributed by atoms with van der Waals surface area (Å²) in [5.74, 6) is 0. The van der Waals surface area contributed by atoms with Gasteiger partial charge in [-0.05, 0) is 25.2 Å². The lowest BCUT2D eigenvalue weighted by atomic mass is 9.68. The molecule has 0 aliphatic carbocycles. The van der Waals surface area contributed by atoms with Crippen LogP contribution in [0.1, 0.15) is 118 Å². The normalized spacial score (nSPS) is 14.6. The molecular weight excluding hydrogens is 304 g/mol. The second-order valence-corrected chi connectivity index (χ2v) is 8.77. The molecule has 1 rings (SSSR count). The van der Waals surface area contributed by atoms with Crippen LogP contribution in [0, 0.1) is 5.41 Å². The molecule has 0 fully saturated rings. The molecule has 1 aromatic heterocycles. The van der Waals surface area contributed by atoms with Crippen molar-refractivity contribution in [3.05, 3.63) is 18.7 Å². The Morgan fingerprint density at radius 2 is 1.28 bits per heavy atom. The molecule has 0 N–H and O–H groups in total. The molecule has 0 bridgehead atoms. The summed E-state index contributed by atoms with van der Waals surface area (Å²) in [6.07, 6.45) is 24.1. The van der Waals surface area contributed by atoms with Gasteiger partial charge in [-0.1, -0.05) is 98.3 Å². The Labute approximate surface area is 157 Å². The molecule has 1 atom stereocenters. The van der Waals surface area contributed by atoms with Crippen LogP contribution in [-0.4, -0.2) is 9.55 Å². The highest BCUT2D eigenvalue weighted by Gasteiger charge is 2.40. The number of imidazole rings is 1. The van der Waals surface area contributed by atoms with Crippen molar-refractivity contribution in [3.63, 3.8) is 0 Å². The van der Waals surface area contributed by atoms with Gasteiger partial charge >= 0.3 is 0 Å². The summed E-state index contributed by atoms with van der Waals surface area (Å²) in [7, 11) is 0. The van der Waals surface area contributed by atoms with E-state index >= 15 is 0 Å². The maximum absolute atomic E-state index is 4.27. The van der Waals surface area contributed by atoms with Gasteiger partial charge in [0, 0.05) is 17.9 Å². The molecule has 0 radical (unpaired) electrons. The fraction of sp³-hybridized carbons (Fsp3) is 0.870. The average Bonchev–Trinajstić information content (AvgIpc) is 3.13. The third-order valence-corrected chi connectivity index (χ3v) is 6.63. The van der Waals surface area contributed by atoms with Gasteiger partial charge in [-0.25, -0.2) is 4.98 Å². The Bertz CT molecular complexity index is 421. The molecule has 0 aliphatic heterocycles. The topological polar surface area (TPSA) is 17.8 Å². The number of hydrogen-bond donors (Lipinski definition) is 0. The summed E-state index contributed by atoms with van der Waals surface area (Å²) < 4.78 is 2.32. The number of hydrogen-bond acceptors (Lipinski definition) is 1. The van der Waals surface area contributed by atoms with Crippen LogP contribution in [0.5, 0.6) is 0 Å². The van der Waals surface area contributed by atoms with Crippen molar-refractivity contribution in [3.8, 4) is 0 Å². The monoisotopic (exact) mass is 348 g/mol. The molecule has 1 unspecified atom stereocenters. The smallest absolute Gasteiger partial charge is 0.0951 e. The lowest BCUT2D eigenvalue weighted by Crippen LogP contribution is -2.43. The number of aromatic nitrogens is 2. The minimum atomic E-state index is 0.155. The van der Waals surface area contributed by atoms with Crippen molar-refractivity contribution in [2.24, 2.45) is 5.41 Å². The van der Waals surface area contributed by atoms with Crippen molar-refractivity contribution in [2.45, 2.75) is 124 Å². The van der Waals surface area contributed by atoms with Crippen LogP contribution >= 0.6 is 0 Å². The van der Waals surface area contributed by atoms with Crippen molar-refractivity contribution in [2.75, 3.05) is 0 Å². The average molecular weight is 349 g/mol. The number of unbranched alkanes of at least 4 members (excludes halogenated alkanes) is 10. The molecule has 146 valence electrons. The first-order chi connectivity index (χ1) is 12.0. The van der Waals surface area contributed by atoms with Crippen LogP contribution in [0.3, 0.4) is 0 Å². The van der Waals surface area contributed by atoms with Crippen LogP contribution in [0.15, 0.2) is 18.7 Å². The van der Waals surface area contributed by atoms with Gasteiger partial charge in [-0.3, -0.25) is 0 Å². The standard InChI is InChI=1S/C23H44N2/c1-6-8-9-10-11-12-13-14-15-16-17-18-22(3,4)23(5,7-2)25-20-19-24-21-25/h19-21H,6-18H2,1-5H3. The van der Waals surface area contributed by atoms with Crippen LogP contribution in [0.25, 0.3) is 0 Å². The number of nitrogens with zero attached hydrogens (tertiary/aromatic N) is 2. The number of rotatable bonds is 15. The fourth-order valence-electron chi connectivity index (χ4n) is 4.06. The SMILES string of the molecule is CCCCCCCCCCCCCC(C)(C)C(C)(CC)n1ccnc1. The quantitative estimate of drug-likeness (QED) is 0.296. The van der Waals surface area contributed by atoms with Crippen LogP contribution in [0.4, 0.5) is 0 Å². The van der Waals surface area contributed by atoms with Crippen LogP contribution in [0.2, 0.25) is 0 Å². The maximum Gasteiger partial charge on any atom is 0.0951 e. The summed E-state index contributed by atoms with van der Waals surface area (Å²) in [6, 6.07) is 0. The van der Waals surface area contributed by atoms with Crippen molar-refractivity contribution in [1.29, 1.82) is 0 Å². The van der Waals surface area contributed by atoms with Crippen LogP contribution < -0.4 is 0 Å². The summed E-state index contributed by atoms with van der Waals surface area (Å²) in [5.41, 5.74) is 0.448. The summed E-state index contributed by atoms with van der Waals surface area (Å²) in [6.45, 7) is 11.9. The minimum absolute atomic E-state index is 0.155. The minimum Gasteiger partial charge on any atom is -0.331 e. The zero-order chi connectivity index (χ0) is 18.6. The van der Waals surface area contributed by atoms with E-state index in [1.54, 1.807) is 0 Å². The largest absolute Gasteiger partial charge is 0.331 e. The van der Waals surface area contributed by atoms with Crippen molar-refractivity contribution < 1.29 is 0 Å². The molecule has 0 amide bonds. The Hall–Kier alpha value is -0.790. The highest BCUT2D eigenvalue weighted by atomic mass is 15.1. The Morgan fingerprint density at radius 1 is 0.760 bits per heavy atom. The molecule has 2 heteroatoms. The second kappa shape index (κ2) is 11.8. The van der Waals surface area contributed by atoms with Gasteiger partial charge in [0.25, 0.3) is 0 Å². The van der Waals surface area contributed by atoms with E-state index in [-0.39, 0.29) is 5.54 Å². The van der Waals surface area contributed by atoms with E-state index in [1.807, 2.05) is 12.5 Å². The lowest BCUT2D eigenvalue weighted by Gasteiger charge is -2.45. The third-order valence-electron chi connectivity index (χ3n) is 6.63.